The molecular weight excluding hydrogens is 420 g/mol. The van der Waals surface area contributed by atoms with Crippen molar-refractivity contribution in [2.45, 2.75) is 31.2 Å². The molecule has 11 heteroatoms. The molecule has 2 N–H and O–H groups in total. The van der Waals surface area contributed by atoms with Gasteiger partial charge in [-0.1, -0.05) is 0 Å². The molecule has 33 heavy (non-hydrogen) atoms. The minimum atomic E-state index is -0.586. The molecule has 0 unspecified atom stereocenters. The molecule has 1 saturated carbocycles. The van der Waals surface area contributed by atoms with Crippen LogP contribution in [0.5, 0.6) is 0 Å². The van der Waals surface area contributed by atoms with Crippen LogP contribution in [0.15, 0.2) is 37.1 Å². The lowest BCUT2D eigenvalue weighted by Crippen LogP contribution is -2.46. The van der Waals surface area contributed by atoms with Crippen LogP contribution in [0.2, 0.25) is 0 Å². The number of carbonyl (C=O) groups excluding carboxylic acids is 1. The number of aryl methyl sites for hydroxylation is 1. The number of aromatic nitrogens is 7. The van der Waals surface area contributed by atoms with Gasteiger partial charge in [0.25, 0.3) is 0 Å². The maximum absolute atomic E-state index is 11.9. The Morgan fingerprint density at radius 2 is 2.09 bits per heavy atom. The van der Waals surface area contributed by atoms with Gasteiger partial charge < -0.3 is 5.73 Å². The van der Waals surface area contributed by atoms with E-state index in [0.29, 0.717) is 35.5 Å². The van der Waals surface area contributed by atoms with Gasteiger partial charge in [-0.25, -0.2) is 9.50 Å². The second-order valence-electron chi connectivity index (χ2n) is 8.41. The van der Waals surface area contributed by atoms with Crippen molar-refractivity contribution in [1.29, 1.82) is 10.5 Å². The summed E-state index contributed by atoms with van der Waals surface area (Å²) >= 11 is 0. The molecule has 4 heterocycles. The number of hydrogen-bond acceptors (Lipinski definition) is 7. The van der Waals surface area contributed by atoms with Crippen LogP contribution in [0.3, 0.4) is 0 Å². The Balaban J connectivity index is 1.69. The Morgan fingerprint density at radius 1 is 1.27 bits per heavy atom. The second kappa shape index (κ2) is 7.57. The highest BCUT2D eigenvalue weighted by Gasteiger charge is 2.47. The summed E-state index contributed by atoms with van der Waals surface area (Å²) < 4.78 is 5.13. The molecule has 0 saturated heterocycles. The molecule has 4 aromatic rings. The van der Waals surface area contributed by atoms with Gasteiger partial charge in [-0.05, 0) is 18.9 Å². The Kier molecular flexibility index (Phi) is 4.68. The van der Waals surface area contributed by atoms with Crippen molar-refractivity contribution < 1.29 is 4.79 Å². The molecule has 1 fully saturated rings. The van der Waals surface area contributed by atoms with Gasteiger partial charge in [0.1, 0.15) is 5.69 Å². The lowest BCUT2D eigenvalue weighted by Gasteiger charge is -2.43. The highest BCUT2D eigenvalue weighted by atomic mass is 16.1. The Bertz CT molecular complexity index is 1450. The minimum absolute atomic E-state index is 0.0776. The molecule has 0 radical (unpaired) electrons. The van der Waals surface area contributed by atoms with Crippen LogP contribution in [0, 0.1) is 28.6 Å². The molecule has 0 aromatic carbocycles. The third kappa shape index (κ3) is 3.40. The number of nitrogens with two attached hydrogens (primary N) is 1. The molecule has 0 atom stereocenters. The standard InChI is InChI=1S/C22H20N10O/c1-30-11-15(10-27-30)18-13-31-19(2-5-26-31)21(28-18)16-12-32(29-17(16)6-20(25)33)22(3-4-23)7-14(8-22)9-24/h2,5,10-14H,3,6-8H2,1H3,(H2,25,33). The summed E-state index contributed by atoms with van der Waals surface area (Å²) in [5, 5.41) is 32.0. The van der Waals surface area contributed by atoms with Gasteiger partial charge in [-0.2, -0.15) is 25.8 Å². The summed E-state index contributed by atoms with van der Waals surface area (Å²) in [6, 6.07) is 6.32. The summed E-state index contributed by atoms with van der Waals surface area (Å²) in [6.07, 6.45) is 10.1. The molecule has 1 amide bonds. The van der Waals surface area contributed by atoms with Crippen molar-refractivity contribution in [2.24, 2.45) is 18.7 Å². The number of rotatable bonds is 6. The molecule has 1 aliphatic rings. The molecule has 0 aliphatic heterocycles. The number of nitrogens with zero attached hydrogens (tertiary/aromatic N) is 9. The topological polar surface area (TPSA) is 156 Å². The molecule has 5 rings (SSSR count). The summed E-state index contributed by atoms with van der Waals surface area (Å²) in [5.41, 5.74) is 8.86. The van der Waals surface area contributed by atoms with Crippen molar-refractivity contribution in [2.75, 3.05) is 0 Å². The normalized spacial score (nSPS) is 19.7. The summed E-state index contributed by atoms with van der Waals surface area (Å²) in [4.78, 5) is 16.7. The fourth-order valence-corrected chi connectivity index (χ4v) is 4.47. The largest absolute Gasteiger partial charge is 0.369 e. The third-order valence-corrected chi connectivity index (χ3v) is 6.11. The predicted octanol–water partition coefficient (Wildman–Crippen LogP) is 1.56. The van der Waals surface area contributed by atoms with E-state index in [4.69, 9.17) is 10.7 Å². The molecule has 4 aromatic heterocycles. The maximum Gasteiger partial charge on any atom is 0.223 e. The number of fused-ring (bicyclic) bond motifs is 1. The predicted molar refractivity (Wildman–Crippen MR) is 116 cm³/mol. The third-order valence-electron chi connectivity index (χ3n) is 6.11. The Labute approximate surface area is 188 Å². The molecular formula is C22H20N10O. The monoisotopic (exact) mass is 440 g/mol. The molecule has 0 spiro atoms. The smallest absolute Gasteiger partial charge is 0.223 e. The van der Waals surface area contributed by atoms with Crippen LogP contribution in [-0.2, 0) is 23.8 Å². The van der Waals surface area contributed by atoms with Gasteiger partial charge in [-0.3, -0.25) is 14.2 Å². The zero-order valence-electron chi connectivity index (χ0n) is 17.9. The quantitative estimate of drug-likeness (QED) is 0.477. The highest BCUT2D eigenvalue weighted by Crippen LogP contribution is 2.46. The highest BCUT2D eigenvalue weighted by molar-refractivity contribution is 5.84. The van der Waals surface area contributed by atoms with E-state index in [1.165, 1.54) is 0 Å². The summed E-state index contributed by atoms with van der Waals surface area (Å²) in [5.74, 6) is -0.647. The van der Waals surface area contributed by atoms with Crippen LogP contribution in [0.4, 0.5) is 0 Å². The number of nitriles is 2. The van der Waals surface area contributed by atoms with E-state index in [9.17, 15) is 15.3 Å². The zero-order chi connectivity index (χ0) is 23.2. The van der Waals surface area contributed by atoms with Crippen LogP contribution in [0.1, 0.15) is 25.0 Å². The van der Waals surface area contributed by atoms with Gasteiger partial charge in [-0.15, -0.1) is 0 Å². The van der Waals surface area contributed by atoms with Gasteiger partial charge >= 0.3 is 0 Å². The average Bonchev–Trinajstić information content (AvgIpc) is 3.49. The van der Waals surface area contributed by atoms with Gasteiger partial charge in [0, 0.05) is 30.6 Å². The van der Waals surface area contributed by atoms with Crippen molar-refractivity contribution in [3.63, 3.8) is 0 Å². The van der Waals surface area contributed by atoms with E-state index < -0.39 is 11.4 Å². The van der Waals surface area contributed by atoms with E-state index >= 15 is 0 Å². The van der Waals surface area contributed by atoms with Gasteiger partial charge in [0.15, 0.2) is 0 Å². The minimum Gasteiger partial charge on any atom is -0.369 e. The van der Waals surface area contributed by atoms with E-state index in [0.717, 1.165) is 11.1 Å². The Morgan fingerprint density at radius 3 is 2.76 bits per heavy atom. The van der Waals surface area contributed by atoms with Gasteiger partial charge in [0.2, 0.25) is 5.91 Å². The van der Waals surface area contributed by atoms with Crippen molar-refractivity contribution >= 4 is 11.4 Å². The number of amides is 1. The first kappa shape index (κ1) is 20.4. The number of carbonyl (C=O) groups is 1. The van der Waals surface area contributed by atoms with Crippen LogP contribution >= 0.6 is 0 Å². The average molecular weight is 440 g/mol. The van der Waals surface area contributed by atoms with Crippen LogP contribution < -0.4 is 5.73 Å². The fourth-order valence-electron chi connectivity index (χ4n) is 4.47. The van der Waals surface area contributed by atoms with Crippen LogP contribution in [0.25, 0.3) is 28.0 Å². The maximum atomic E-state index is 11.9. The summed E-state index contributed by atoms with van der Waals surface area (Å²) in [7, 11) is 1.83. The number of primary amides is 1. The lowest BCUT2D eigenvalue weighted by atomic mass is 9.67. The first-order chi connectivity index (χ1) is 15.9. The molecule has 1 aliphatic carbocycles. The lowest BCUT2D eigenvalue weighted by molar-refractivity contribution is -0.117. The van der Waals surface area contributed by atoms with E-state index in [1.807, 2.05) is 31.7 Å². The van der Waals surface area contributed by atoms with Crippen LogP contribution in [-0.4, -0.2) is 40.1 Å². The second-order valence-corrected chi connectivity index (χ2v) is 8.41. The first-order valence-corrected chi connectivity index (χ1v) is 10.4. The molecule has 0 bridgehead atoms. The number of hydrogen-bond donors (Lipinski definition) is 1. The Hall–Kier alpha value is -4.51. The van der Waals surface area contributed by atoms with Crippen molar-refractivity contribution in [3.05, 3.63) is 42.7 Å². The van der Waals surface area contributed by atoms with Gasteiger partial charge in [0.05, 0.1) is 71.9 Å². The summed E-state index contributed by atoms with van der Waals surface area (Å²) in [6.45, 7) is 0. The zero-order valence-corrected chi connectivity index (χ0v) is 17.9. The van der Waals surface area contributed by atoms with E-state index in [-0.39, 0.29) is 18.8 Å². The van der Waals surface area contributed by atoms with Crippen molar-refractivity contribution in [1.82, 2.24) is 34.2 Å². The molecule has 164 valence electrons. The molecule has 11 nitrogen and oxygen atoms in total. The first-order valence-electron chi connectivity index (χ1n) is 10.4. The van der Waals surface area contributed by atoms with E-state index in [2.05, 4.69) is 27.4 Å². The van der Waals surface area contributed by atoms with E-state index in [1.54, 1.807) is 26.3 Å². The fraction of sp³-hybridized carbons (Fsp3) is 0.318. The van der Waals surface area contributed by atoms with Crippen molar-refractivity contribution in [3.8, 4) is 34.7 Å². The SMILES string of the molecule is Cn1cc(-c2cn3nccc3c(-c3cn(C4(CC#N)CC(C#N)C4)nc3CC(N)=O)n2)cn1.